The molecule has 1 unspecified atom stereocenters. The second-order valence-corrected chi connectivity index (χ2v) is 5.40. The first-order valence-electron chi connectivity index (χ1n) is 6.97. The number of carboxylic acids is 1. The van der Waals surface area contributed by atoms with Crippen molar-refractivity contribution in [3.63, 3.8) is 0 Å². The number of benzene rings is 2. The number of carbonyl (C=O) groups is 1. The Morgan fingerprint density at radius 3 is 2.57 bits per heavy atom. The van der Waals surface area contributed by atoms with Gasteiger partial charge in [0.2, 0.25) is 0 Å². The normalized spacial score (nSPS) is 16.8. The van der Waals surface area contributed by atoms with Crippen molar-refractivity contribution in [2.24, 2.45) is 0 Å². The van der Waals surface area contributed by atoms with Gasteiger partial charge in [0.1, 0.15) is 5.75 Å². The van der Waals surface area contributed by atoms with Gasteiger partial charge in [0.15, 0.2) is 0 Å². The molecule has 4 nitrogen and oxygen atoms in total. The first-order valence-corrected chi connectivity index (χ1v) is 6.97. The van der Waals surface area contributed by atoms with Gasteiger partial charge in [0.05, 0.1) is 6.42 Å². The molecule has 21 heavy (non-hydrogen) atoms. The van der Waals surface area contributed by atoms with Crippen molar-refractivity contribution in [3.8, 4) is 5.75 Å². The van der Waals surface area contributed by atoms with Crippen molar-refractivity contribution in [3.05, 3.63) is 59.7 Å². The average Bonchev–Trinajstić information content (AvgIpc) is 2.79. The summed E-state index contributed by atoms with van der Waals surface area (Å²) >= 11 is 0. The number of phenolic OH excluding ortho intramolecular Hbond substituents is 1. The van der Waals surface area contributed by atoms with E-state index in [0.717, 1.165) is 16.8 Å². The maximum Gasteiger partial charge on any atom is 0.304 e. The van der Waals surface area contributed by atoms with Crippen molar-refractivity contribution >= 4 is 11.7 Å². The van der Waals surface area contributed by atoms with E-state index < -0.39 is 5.97 Å². The smallest absolute Gasteiger partial charge is 0.304 e. The third-order valence-electron chi connectivity index (χ3n) is 3.89. The molecule has 0 saturated carbocycles. The molecule has 0 saturated heterocycles. The monoisotopic (exact) mass is 283 g/mol. The molecule has 0 radical (unpaired) electrons. The summed E-state index contributed by atoms with van der Waals surface area (Å²) in [7, 11) is 0. The fraction of sp³-hybridized carbons (Fsp3) is 0.235. The van der Waals surface area contributed by atoms with E-state index in [2.05, 4.69) is 4.90 Å². The molecular formula is C17H17NO3. The van der Waals surface area contributed by atoms with Gasteiger partial charge in [-0.3, -0.25) is 4.79 Å². The van der Waals surface area contributed by atoms with Crippen LogP contribution in [0, 0.1) is 0 Å². The molecule has 108 valence electrons. The number of aliphatic carboxylic acids is 1. The number of rotatable bonds is 4. The van der Waals surface area contributed by atoms with Gasteiger partial charge in [-0.15, -0.1) is 0 Å². The number of fused-ring (bicyclic) bond motifs is 1. The zero-order chi connectivity index (χ0) is 14.8. The summed E-state index contributed by atoms with van der Waals surface area (Å²) in [6, 6.07) is 15.1. The number of hydrogen-bond acceptors (Lipinski definition) is 3. The van der Waals surface area contributed by atoms with Gasteiger partial charge in [0.25, 0.3) is 0 Å². The molecule has 0 spiro atoms. The molecule has 4 heteroatoms. The lowest BCUT2D eigenvalue weighted by Crippen LogP contribution is -2.22. The van der Waals surface area contributed by atoms with Crippen LogP contribution in [0.15, 0.2) is 48.5 Å². The van der Waals surface area contributed by atoms with Gasteiger partial charge >= 0.3 is 5.97 Å². The summed E-state index contributed by atoms with van der Waals surface area (Å²) in [5.74, 6) is -0.471. The lowest BCUT2D eigenvalue weighted by Gasteiger charge is -2.20. The highest BCUT2D eigenvalue weighted by Crippen LogP contribution is 2.38. The Hall–Kier alpha value is -2.49. The predicted molar refractivity (Wildman–Crippen MR) is 80.6 cm³/mol. The molecule has 0 amide bonds. The average molecular weight is 283 g/mol. The van der Waals surface area contributed by atoms with Crippen LogP contribution in [0.25, 0.3) is 0 Å². The van der Waals surface area contributed by atoms with Crippen molar-refractivity contribution < 1.29 is 15.0 Å². The summed E-state index contributed by atoms with van der Waals surface area (Å²) in [4.78, 5) is 13.2. The standard InChI is InChI=1S/C17H17NO3/c19-14-7-5-12(6-8-14)10-18-11-13(9-17(20)21)15-3-1-2-4-16(15)18/h1-8,13,19H,9-11H2,(H,20,21). The van der Waals surface area contributed by atoms with Gasteiger partial charge < -0.3 is 15.1 Å². The van der Waals surface area contributed by atoms with Crippen molar-refractivity contribution in [2.75, 3.05) is 11.4 Å². The lowest BCUT2D eigenvalue weighted by molar-refractivity contribution is -0.137. The third kappa shape index (κ3) is 2.84. The minimum absolute atomic E-state index is 0.0378. The molecule has 1 aliphatic rings. The van der Waals surface area contributed by atoms with Gasteiger partial charge in [-0.25, -0.2) is 0 Å². The molecule has 2 N–H and O–H groups in total. The van der Waals surface area contributed by atoms with E-state index in [1.165, 1.54) is 0 Å². The van der Waals surface area contributed by atoms with Gasteiger partial charge in [-0.05, 0) is 29.3 Å². The SMILES string of the molecule is O=C(O)CC1CN(Cc2ccc(O)cc2)c2ccccc21. The minimum atomic E-state index is -0.763. The Balaban J connectivity index is 1.83. The van der Waals surface area contributed by atoms with Crippen LogP contribution in [0.1, 0.15) is 23.5 Å². The van der Waals surface area contributed by atoms with Crippen LogP contribution in [-0.2, 0) is 11.3 Å². The summed E-state index contributed by atoms with van der Waals surface area (Å²) in [5.41, 5.74) is 3.31. The van der Waals surface area contributed by atoms with Crippen LogP contribution in [0.3, 0.4) is 0 Å². The topological polar surface area (TPSA) is 60.8 Å². The van der Waals surface area contributed by atoms with Crippen LogP contribution in [0.5, 0.6) is 5.75 Å². The first kappa shape index (κ1) is 13.5. The number of anilines is 1. The molecule has 2 aromatic rings. The Morgan fingerprint density at radius 1 is 1.14 bits per heavy atom. The minimum Gasteiger partial charge on any atom is -0.508 e. The summed E-state index contributed by atoms with van der Waals surface area (Å²) in [6.45, 7) is 1.43. The van der Waals surface area contributed by atoms with E-state index in [9.17, 15) is 9.90 Å². The quantitative estimate of drug-likeness (QED) is 0.905. The molecule has 3 rings (SSSR count). The van der Waals surface area contributed by atoms with Crippen LogP contribution in [0.4, 0.5) is 5.69 Å². The second kappa shape index (κ2) is 5.48. The number of para-hydroxylation sites is 1. The van der Waals surface area contributed by atoms with Crippen LogP contribution >= 0.6 is 0 Å². The van der Waals surface area contributed by atoms with E-state index in [0.29, 0.717) is 13.1 Å². The molecule has 0 fully saturated rings. The molecule has 1 aliphatic heterocycles. The number of aromatic hydroxyl groups is 1. The van der Waals surface area contributed by atoms with E-state index in [4.69, 9.17) is 5.11 Å². The highest BCUT2D eigenvalue weighted by atomic mass is 16.4. The van der Waals surface area contributed by atoms with Crippen LogP contribution < -0.4 is 4.90 Å². The number of carboxylic acid groups (broad SMARTS) is 1. The number of phenols is 1. The Labute approximate surface area is 123 Å². The van der Waals surface area contributed by atoms with Gasteiger partial charge in [-0.2, -0.15) is 0 Å². The molecular weight excluding hydrogens is 266 g/mol. The lowest BCUT2D eigenvalue weighted by atomic mass is 9.98. The molecule has 2 aromatic carbocycles. The third-order valence-corrected chi connectivity index (χ3v) is 3.89. The molecule has 1 heterocycles. The van der Waals surface area contributed by atoms with Crippen LogP contribution in [-0.4, -0.2) is 22.7 Å². The Morgan fingerprint density at radius 2 is 1.86 bits per heavy atom. The predicted octanol–water partition coefficient (Wildman–Crippen LogP) is 2.97. The number of nitrogens with zero attached hydrogens (tertiary/aromatic N) is 1. The Kier molecular flexibility index (Phi) is 3.52. The van der Waals surface area contributed by atoms with Gasteiger partial charge in [0, 0.05) is 24.7 Å². The van der Waals surface area contributed by atoms with Crippen molar-refractivity contribution in [2.45, 2.75) is 18.9 Å². The maximum absolute atomic E-state index is 11.0. The van der Waals surface area contributed by atoms with E-state index in [1.54, 1.807) is 12.1 Å². The fourth-order valence-electron chi connectivity index (χ4n) is 2.94. The van der Waals surface area contributed by atoms with Crippen molar-refractivity contribution in [1.82, 2.24) is 0 Å². The van der Waals surface area contributed by atoms with E-state index >= 15 is 0 Å². The van der Waals surface area contributed by atoms with E-state index in [1.807, 2.05) is 36.4 Å². The highest BCUT2D eigenvalue weighted by molar-refractivity contribution is 5.71. The molecule has 0 bridgehead atoms. The van der Waals surface area contributed by atoms with Gasteiger partial charge in [-0.1, -0.05) is 30.3 Å². The summed E-state index contributed by atoms with van der Waals surface area (Å²) < 4.78 is 0. The van der Waals surface area contributed by atoms with Crippen LogP contribution in [0.2, 0.25) is 0 Å². The molecule has 0 aromatic heterocycles. The summed E-state index contributed by atoms with van der Waals surface area (Å²) in [6.07, 6.45) is 0.156. The number of hydrogen-bond donors (Lipinski definition) is 2. The largest absolute Gasteiger partial charge is 0.508 e. The van der Waals surface area contributed by atoms with E-state index in [-0.39, 0.29) is 18.1 Å². The van der Waals surface area contributed by atoms with Crippen molar-refractivity contribution in [1.29, 1.82) is 0 Å². The second-order valence-electron chi connectivity index (χ2n) is 5.40. The highest BCUT2D eigenvalue weighted by Gasteiger charge is 2.29. The maximum atomic E-state index is 11.0. The zero-order valence-electron chi connectivity index (χ0n) is 11.6. The zero-order valence-corrected chi connectivity index (χ0v) is 11.6. The first-order chi connectivity index (χ1) is 10.1. The Bertz CT molecular complexity index is 651. The molecule has 1 atom stereocenters. The molecule has 0 aliphatic carbocycles. The summed E-state index contributed by atoms with van der Waals surface area (Å²) in [5, 5.41) is 18.4. The fourth-order valence-corrected chi connectivity index (χ4v) is 2.94.